The highest BCUT2D eigenvalue weighted by atomic mass is 32.1. The number of anilines is 1. The van der Waals surface area contributed by atoms with Gasteiger partial charge in [0, 0.05) is 29.4 Å². The molecule has 0 bridgehead atoms. The van der Waals surface area contributed by atoms with Gasteiger partial charge in [-0.25, -0.2) is 4.79 Å². The molecule has 4 nitrogen and oxygen atoms in total. The van der Waals surface area contributed by atoms with Gasteiger partial charge in [-0.15, -0.1) is 0 Å². The smallest absolute Gasteiger partial charge is 0.334 e. The number of hydrogen-bond donors (Lipinski definition) is 2. The lowest BCUT2D eigenvalue weighted by atomic mass is 10.1. The molecule has 0 fully saturated rings. The number of carbonyl (C=O) groups is 1. The summed E-state index contributed by atoms with van der Waals surface area (Å²) in [5.74, 6) is 0. The third-order valence-electron chi connectivity index (χ3n) is 3.60. The highest BCUT2D eigenvalue weighted by Crippen LogP contribution is 2.29. The summed E-state index contributed by atoms with van der Waals surface area (Å²) >= 11 is 1.55. The summed E-state index contributed by atoms with van der Waals surface area (Å²) in [5, 5.41) is 9.10. The first-order valence-electron chi connectivity index (χ1n) is 7.62. The Morgan fingerprint density at radius 2 is 1.88 bits per heavy atom. The van der Waals surface area contributed by atoms with Crippen LogP contribution in [-0.2, 0) is 12.7 Å². The van der Waals surface area contributed by atoms with Gasteiger partial charge in [-0.05, 0) is 47.3 Å². The number of amides is 2. The van der Waals surface area contributed by atoms with E-state index >= 15 is 0 Å². The first-order chi connectivity index (χ1) is 12.4. The van der Waals surface area contributed by atoms with Gasteiger partial charge in [-0.2, -0.15) is 24.5 Å². The van der Waals surface area contributed by atoms with Crippen molar-refractivity contribution in [2.45, 2.75) is 12.7 Å². The van der Waals surface area contributed by atoms with Crippen molar-refractivity contribution in [3.63, 3.8) is 0 Å². The van der Waals surface area contributed by atoms with E-state index in [0.717, 1.165) is 29.0 Å². The van der Waals surface area contributed by atoms with Gasteiger partial charge < -0.3 is 10.6 Å². The molecule has 2 heterocycles. The Kier molecular flexibility index (Phi) is 5.22. The lowest BCUT2D eigenvalue weighted by molar-refractivity contribution is -0.137. The van der Waals surface area contributed by atoms with Crippen LogP contribution in [-0.4, -0.2) is 11.0 Å². The molecular formula is C18H14F3N3OS. The molecule has 8 heteroatoms. The van der Waals surface area contributed by atoms with Gasteiger partial charge in [0.2, 0.25) is 0 Å². The Balaban J connectivity index is 1.62. The number of carbonyl (C=O) groups excluding carboxylic acids is 1. The van der Waals surface area contributed by atoms with Gasteiger partial charge in [0.15, 0.2) is 0 Å². The maximum atomic E-state index is 12.5. The van der Waals surface area contributed by atoms with Crippen LogP contribution in [0, 0.1) is 0 Å². The highest BCUT2D eigenvalue weighted by molar-refractivity contribution is 7.08. The number of rotatable bonds is 4. The number of halogens is 3. The number of hydrogen-bond acceptors (Lipinski definition) is 3. The molecule has 26 heavy (non-hydrogen) atoms. The molecule has 0 atom stereocenters. The fourth-order valence-corrected chi connectivity index (χ4v) is 2.97. The van der Waals surface area contributed by atoms with Crippen molar-refractivity contribution in [2.75, 3.05) is 5.32 Å². The second-order valence-corrected chi connectivity index (χ2v) is 6.19. The lowest BCUT2D eigenvalue weighted by Crippen LogP contribution is -2.28. The molecule has 0 saturated heterocycles. The zero-order valence-corrected chi connectivity index (χ0v) is 14.2. The third kappa shape index (κ3) is 4.40. The van der Waals surface area contributed by atoms with Crippen LogP contribution >= 0.6 is 11.3 Å². The van der Waals surface area contributed by atoms with Crippen molar-refractivity contribution in [2.24, 2.45) is 0 Å². The second-order valence-electron chi connectivity index (χ2n) is 5.41. The van der Waals surface area contributed by atoms with Crippen LogP contribution in [0.25, 0.3) is 11.3 Å². The average molecular weight is 377 g/mol. The van der Waals surface area contributed by atoms with E-state index in [1.165, 1.54) is 12.1 Å². The summed E-state index contributed by atoms with van der Waals surface area (Å²) < 4.78 is 37.6. The number of nitrogens with one attached hydrogen (secondary N) is 2. The summed E-state index contributed by atoms with van der Waals surface area (Å²) in [6.07, 6.45) is -2.72. The number of thiophene rings is 1. The van der Waals surface area contributed by atoms with Crippen LogP contribution < -0.4 is 10.6 Å². The number of alkyl halides is 3. The number of pyridine rings is 1. The van der Waals surface area contributed by atoms with E-state index in [9.17, 15) is 18.0 Å². The topological polar surface area (TPSA) is 54.0 Å². The monoisotopic (exact) mass is 377 g/mol. The predicted octanol–water partition coefficient (Wildman–Crippen LogP) is 5.15. The first-order valence-corrected chi connectivity index (χ1v) is 8.56. The Morgan fingerprint density at radius 1 is 1.12 bits per heavy atom. The van der Waals surface area contributed by atoms with Crippen LogP contribution in [0.3, 0.4) is 0 Å². The molecule has 134 valence electrons. The molecule has 0 aliphatic heterocycles. The van der Waals surface area contributed by atoms with E-state index < -0.39 is 17.8 Å². The molecule has 3 aromatic rings. The summed E-state index contributed by atoms with van der Waals surface area (Å²) in [4.78, 5) is 16.3. The molecule has 3 rings (SSSR count). The SMILES string of the molecule is O=C(NCc1cccnc1-c1ccsc1)Nc1ccc(C(F)(F)F)cc1. The van der Waals surface area contributed by atoms with Crippen molar-refractivity contribution in [3.05, 3.63) is 70.5 Å². The van der Waals surface area contributed by atoms with E-state index in [1.54, 1.807) is 23.6 Å². The number of urea groups is 1. The second kappa shape index (κ2) is 7.57. The van der Waals surface area contributed by atoms with Gasteiger partial charge in [0.05, 0.1) is 11.3 Å². The molecule has 0 aliphatic carbocycles. The maximum Gasteiger partial charge on any atom is 0.416 e. The Labute approximate surface area is 151 Å². The Bertz CT molecular complexity index is 877. The van der Waals surface area contributed by atoms with Gasteiger partial charge >= 0.3 is 12.2 Å². The van der Waals surface area contributed by atoms with Gasteiger partial charge in [0.25, 0.3) is 0 Å². The van der Waals surface area contributed by atoms with Crippen molar-refractivity contribution < 1.29 is 18.0 Å². The van der Waals surface area contributed by atoms with Gasteiger partial charge in [-0.3, -0.25) is 4.98 Å². The van der Waals surface area contributed by atoms with E-state index in [1.807, 2.05) is 22.9 Å². The van der Waals surface area contributed by atoms with Crippen LogP contribution in [0.4, 0.5) is 23.7 Å². The number of aromatic nitrogens is 1. The summed E-state index contributed by atoms with van der Waals surface area (Å²) in [6, 6.07) is 9.34. The summed E-state index contributed by atoms with van der Waals surface area (Å²) in [5.41, 5.74) is 2.10. The van der Waals surface area contributed by atoms with Crippen LogP contribution in [0.15, 0.2) is 59.4 Å². The molecule has 0 radical (unpaired) electrons. The Morgan fingerprint density at radius 3 is 2.54 bits per heavy atom. The molecule has 2 aromatic heterocycles. The van der Waals surface area contributed by atoms with Crippen molar-refractivity contribution in [1.82, 2.24) is 10.3 Å². The molecule has 0 saturated carbocycles. The zero-order chi connectivity index (χ0) is 18.6. The number of benzene rings is 1. The minimum Gasteiger partial charge on any atom is -0.334 e. The predicted molar refractivity (Wildman–Crippen MR) is 94.9 cm³/mol. The lowest BCUT2D eigenvalue weighted by Gasteiger charge is -2.11. The quantitative estimate of drug-likeness (QED) is 0.661. The van der Waals surface area contributed by atoms with E-state index in [-0.39, 0.29) is 12.2 Å². The minimum atomic E-state index is -4.40. The number of nitrogens with zero attached hydrogens (tertiary/aromatic N) is 1. The van der Waals surface area contributed by atoms with Crippen LogP contribution in [0.1, 0.15) is 11.1 Å². The summed E-state index contributed by atoms with van der Waals surface area (Å²) in [6.45, 7) is 0.242. The normalized spacial score (nSPS) is 11.2. The zero-order valence-electron chi connectivity index (χ0n) is 13.4. The average Bonchev–Trinajstić information content (AvgIpc) is 3.14. The van der Waals surface area contributed by atoms with Crippen molar-refractivity contribution in [3.8, 4) is 11.3 Å². The molecule has 2 amide bonds. The standard InChI is InChI=1S/C18H14F3N3OS/c19-18(20,21)14-3-5-15(6-4-14)24-17(25)23-10-12-2-1-8-22-16(12)13-7-9-26-11-13/h1-9,11H,10H2,(H2,23,24,25). The minimum absolute atomic E-state index is 0.242. The first kappa shape index (κ1) is 17.9. The van der Waals surface area contributed by atoms with E-state index in [4.69, 9.17) is 0 Å². The van der Waals surface area contributed by atoms with Crippen molar-refractivity contribution in [1.29, 1.82) is 0 Å². The fraction of sp³-hybridized carbons (Fsp3) is 0.111. The van der Waals surface area contributed by atoms with Gasteiger partial charge in [-0.1, -0.05) is 6.07 Å². The molecule has 0 aliphatic rings. The maximum absolute atomic E-state index is 12.5. The summed E-state index contributed by atoms with van der Waals surface area (Å²) in [7, 11) is 0. The Hall–Kier alpha value is -2.87. The van der Waals surface area contributed by atoms with E-state index in [0.29, 0.717) is 0 Å². The van der Waals surface area contributed by atoms with Crippen LogP contribution in [0.5, 0.6) is 0 Å². The molecule has 1 aromatic carbocycles. The highest BCUT2D eigenvalue weighted by Gasteiger charge is 2.29. The van der Waals surface area contributed by atoms with E-state index in [2.05, 4.69) is 15.6 Å². The molecule has 0 unspecified atom stereocenters. The molecule has 2 N–H and O–H groups in total. The molecule has 0 spiro atoms. The third-order valence-corrected chi connectivity index (χ3v) is 4.28. The van der Waals surface area contributed by atoms with Gasteiger partial charge in [0.1, 0.15) is 0 Å². The molecular weight excluding hydrogens is 363 g/mol. The van der Waals surface area contributed by atoms with Crippen LogP contribution in [0.2, 0.25) is 0 Å². The van der Waals surface area contributed by atoms with Crippen molar-refractivity contribution >= 4 is 23.1 Å². The fourth-order valence-electron chi connectivity index (χ4n) is 2.33. The largest absolute Gasteiger partial charge is 0.416 e.